The van der Waals surface area contributed by atoms with E-state index in [0.29, 0.717) is 22.8 Å². The summed E-state index contributed by atoms with van der Waals surface area (Å²) in [6.45, 7) is 1.76. The van der Waals surface area contributed by atoms with E-state index >= 15 is 0 Å². The minimum atomic E-state index is -0.608. The van der Waals surface area contributed by atoms with E-state index in [1.165, 1.54) is 33.5 Å². The van der Waals surface area contributed by atoms with Gasteiger partial charge in [0.1, 0.15) is 6.61 Å². The van der Waals surface area contributed by atoms with Crippen molar-refractivity contribution in [3.05, 3.63) is 63.4 Å². The van der Waals surface area contributed by atoms with Crippen LogP contribution in [0.2, 0.25) is 0 Å². The number of aromatic amines is 1. The lowest BCUT2D eigenvalue weighted by molar-refractivity contribution is 0.0470. The molecule has 3 rings (SSSR count). The van der Waals surface area contributed by atoms with Crippen LogP contribution in [0.25, 0.3) is 10.9 Å². The number of carbonyl (C=O) groups is 1. The SMILES string of the molecule is COc1cc(C(=O)OCc2cc3cccc(C)c3[nH]c2=O)cc(OC)c1OC. The second kappa shape index (κ2) is 8.04. The first-order chi connectivity index (χ1) is 13.5. The molecule has 3 aromatic rings. The lowest BCUT2D eigenvalue weighted by Gasteiger charge is -2.13. The Morgan fingerprint density at radius 1 is 1.00 bits per heavy atom. The van der Waals surface area contributed by atoms with Gasteiger partial charge in [-0.3, -0.25) is 4.79 Å². The quantitative estimate of drug-likeness (QED) is 0.658. The Bertz CT molecular complexity index is 1060. The summed E-state index contributed by atoms with van der Waals surface area (Å²) in [5.41, 5.74) is 2.03. The fourth-order valence-corrected chi connectivity index (χ4v) is 2.96. The van der Waals surface area contributed by atoms with E-state index in [-0.39, 0.29) is 17.7 Å². The molecular formula is C21H21NO6. The molecular weight excluding hydrogens is 362 g/mol. The van der Waals surface area contributed by atoms with E-state index in [2.05, 4.69) is 4.98 Å². The van der Waals surface area contributed by atoms with E-state index < -0.39 is 5.97 Å². The number of hydrogen-bond acceptors (Lipinski definition) is 6. The summed E-state index contributed by atoms with van der Waals surface area (Å²) in [6.07, 6.45) is 0. The van der Waals surface area contributed by atoms with Gasteiger partial charge in [0.25, 0.3) is 5.56 Å². The van der Waals surface area contributed by atoms with Crippen molar-refractivity contribution >= 4 is 16.9 Å². The normalized spacial score (nSPS) is 10.6. The van der Waals surface area contributed by atoms with Gasteiger partial charge < -0.3 is 23.9 Å². The third-order valence-corrected chi connectivity index (χ3v) is 4.42. The van der Waals surface area contributed by atoms with Crippen molar-refractivity contribution in [2.75, 3.05) is 21.3 Å². The van der Waals surface area contributed by atoms with Crippen LogP contribution in [-0.2, 0) is 11.3 Å². The van der Waals surface area contributed by atoms with Crippen LogP contribution in [0.15, 0.2) is 41.2 Å². The number of methoxy groups -OCH3 is 3. The molecule has 28 heavy (non-hydrogen) atoms. The fourth-order valence-electron chi connectivity index (χ4n) is 2.96. The van der Waals surface area contributed by atoms with Crippen LogP contribution in [0.4, 0.5) is 0 Å². The van der Waals surface area contributed by atoms with Gasteiger partial charge in [-0.15, -0.1) is 0 Å². The number of benzene rings is 2. The van der Waals surface area contributed by atoms with Gasteiger partial charge in [0.2, 0.25) is 5.75 Å². The minimum Gasteiger partial charge on any atom is -0.493 e. The van der Waals surface area contributed by atoms with Gasteiger partial charge in [-0.1, -0.05) is 18.2 Å². The zero-order valence-corrected chi connectivity index (χ0v) is 16.1. The van der Waals surface area contributed by atoms with Crippen molar-refractivity contribution in [1.29, 1.82) is 0 Å². The molecule has 2 aromatic carbocycles. The van der Waals surface area contributed by atoms with Crippen LogP contribution < -0.4 is 19.8 Å². The number of ether oxygens (including phenoxy) is 4. The molecule has 0 aliphatic heterocycles. The molecule has 0 bridgehead atoms. The predicted molar refractivity (Wildman–Crippen MR) is 105 cm³/mol. The Kier molecular flexibility index (Phi) is 5.54. The zero-order chi connectivity index (χ0) is 20.3. The van der Waals surface area contributed by atoms with Gasteiger partial charge in [-0.05, 0) is 36.1 Å². The molecule has 146 valence electrons. The molecule has 1 aromatic heterocycles. The second-order valence-corrected chi connectivity index (χ2v) is 6.15. The largest absolute Gasteiger partial charge is 0.493 e. The molecule has 0 aliphatic carbocycles. The predicted octanol–water partition coefficient (Wildman–Crippen LogP) is 3.22. The number of esters is 1. The first kappa shape index (κ1) is 19.3. The highest BCUT2D eigenvalue weighted by molar-refractivity contribution is 5.91. The summed E-state index contributed by atoms with van der Waals surface area (Å²) < 4.78 is 21.1. The molecule has 0 radical (unpaired) electrons. The number of fused-ring (bicyclic) bond motifs is 1. The number of aromatic nitrogens is 1. The highest BCUT2D eigenvalue weighted by atomic mass is 16.5. The molecule has 1 heterocycles. The molecule has 7 nitrogen and oxygen atoms in total. The van der Waals surface area contributed by atoms with Crippen molar-refractivity contribution < 1.29 is 23.7 Å². The second-order valence-electron chi connectivity index (χ2n) is 6.15. The number of rotatable bonds is 6. The van der Waals surface area contributed by atoms with E-state index in [0.717, 1.165) is 16.5 Å². The molecule has 0 amide bonds. The van der Waals surface area contributed by atoms with E-state index in [9.17, 15) is 9.59 Å². The van der Waals surface area contributed by atoms with Gasteiger partial charge >= 0.3 is 5.97 Å². The van der Waals surface area contributed by atoms with Crippen LogP contribution in [0.5, 0.6) is 17.2 Å². The lowest BCUT2D eigenvalue weighted by Crippen LogP contribution is -2.16. The maximum absolute atomic E-state index is 12.5. The van der Waals surface area contributed by atoms with Crippen molar-refractivity contribution in [2.45, 2.75) is 13.5 Å². The molecule has 0 spiro atoms. The smallest absolute Gasteiger partial charge is 0.338 e. The molecule has 0 saturated heterocycles. The van der Waals surface area contributed by atoms with Gasteiger partial charge in [0, 0.05) is 0 Å². The van der Waals surface area contributed by atoms with Crippen LogP contribution in [0.1, 0.15) is 21.5 Å². The first-order valence-electron chi connectivity index (χ1n) is 8.57. The number of hydrogen-bond donors (Lipinski definition) is 1. The Morgan fingerprint density at radius 2 is 1.68 bits per heavy atom. The Balaban J connectivity index is 1.85. The Morgan fingerprint density at radius 3 is 2.29 bits per heavy atom. The summed E-state index contributed by atoms with van der Waals surface area (Å²) in [6, 6.07) is 10.4. The van der Waals surface area contributed by atoms with Crippen molar-refractivity contribution in [2.24, 2.45) is 0 Å². The van der Waals surface area contributed by atoms with Crippen LogP contribution >= 0.6 is 0 Å². The summed E-state index contributed by atoms with van der Waals surface area (Å²) in [4.78, 5) is 27.7. The molecule has 0 fully saturated rings. The summed E-state index contributed by atoms with van der Waals surface area (Å²) >= 11 is 0. The summed E-state index contributed by atoms with van der Waals surface area (Å²) in [5.74, 6) is 0.451. The van der Waals surface area contributed by atoms with Crippen LogP contribution in [0.3, 0.4) is 0 Å². The van der Waals surface area contributed by atoms with Crippen molar-refractivity contribution in [3.8, 4) is 17.2 Å². The third-order valence-electron chi connectivity index (χ3n) is 4.42. The number of aryl methyl sites for hydroxylation is 1. The average molecular weight is 383 g/mol. The number of nitrogens with one attached hydrogen (secondary N) is 1. The first-order valence-corrected chi connectivity index (χ1v) is 8.57. The van der Waals surface area contributed by atoms with E-state index in [1.807, 2.05) is 25.1 Å². The molecule has 7 heteroatoms. The lowest BCUT2D eigenvalue weighted by atomic mass is 10.1. The van der Waals surface area contributed by atoms with Gasteiger partial charge in [0.05, 0.1) is 38.0 Å². The van der Waals surface area contributed by atoms with E-state index in [4.69, 9.17) is 18.9 Å². The van der Waals surface area contributed by atoms with Crippen LogP contribution in [-0.4, -0.2) is 32.3 Å². The van der Waals surface area contributed by atoms with E-state index in [1.54, 1.807) is 6.07 Å². The standard InChI is InChI=1S/C21H21NO6/c1-12-6-5-7-13-8-15(20(23)22-18(12)13)11-28-21(24)14-9-16(25-2)19(27-4)17(10-14)26-3/h5-10H,11H2,1-4H3,(H,22,23). The zero-order valence-electron chi connectivity index (χ0n) is 16.1. The molecule has 0 saturated carbocycles. The Labute approximate surface area is 161 Å². The minimum absolute atomic E-state index is 0.158. The Hall–Kier alpha value is -3.48. The topological polar surface area (TPSA) is 86.9 Å². The number of pyridine rings is 1. The number of para-hydroxylation sites is 1. The summed E-state index contributed by atoms with van der Waals surface area (Å²) in [5, 5.41) is 0.874. The monoisotopic (exact) mass is 383 g/mol. The maximum atomic E-state index is 12.5. The van der Waals surface area contributed by atoms with Gasteiger partial charge in [0.15, 0.2) is 11.5 Å². The highest BCUT2D eigenvalue weighted by Gasteiger charge is 2.18. The maximum Gasteiger partial charge on any atom is 0.338 e. The fraction of sp³-hybridized carbons (Fsp3) is 0.238. The number of carbonyl (C=O) groups excluding carboxylic acids is 1. The van der Waals surface area contributed by atoms with Gasteiger partial charge in [-0.2, -0.15) is 0 Å². The average Bonchev–Trinajstić information content (AvgIpc) is 2.71. The summed E-state index contributed by atoms with van der Waals surface area (Å²) in [7, 11) is 4.40. The van der Waals surface area contributed by atoms with Gasteiger partial charge in [-0.25, -0.2) is 4.79 Å². The molecule has 1 N–H and O–H groups in total. The number of H-pyrrole nitrogens is 1. The molecule has 0 atom stereocenters. The molecule has 0 aliphatic rings. The highest BCUT2D eigenvalue weighted by Crippen LogP contribution is 2.38. The van der Waals surface area contributed by atoms with Crippen molar-refractivity contribution in [1.82, 2.24) is 4.98 Å². The third kappa shape index (κ3) is 3.64. The van der Waals surface area contributed by atoms with Crippen molar-refractivity contribution in [3.63, 3.8) is 0 Å². The van der Waals surface area contributed by atoms with Crippen LogP contribution in [0, 0.1) is 6.92 Å². The molecule has 0 unspecified atom stereocenters.